The maximum absolute atomic E-state index is 11.7. The summed E-state index contributed by atoms with van der Waals surface area (Å²) in [6.07, 6.45) is 6.72. The summed E-state index contributed by atoms with van der Waals surface area (Å²) >= 11 is 0. The van der Waals surface area contributed by atoms with Gasteiger partial charge in [-0.25, -0.2) is 0 Å². The van der Waals surface area contributed by atoms with Crippen molar-refractivity contribution in [2.75, 3.05) is 6.54 Å². The molecule has 2 atom stereocenters. The molecule has 3 heteroatoms. The second kappa shape index (κ2) is 3.66. The lowest BCUT2D eigenvalue weighted by Crippen LogP contribution is -2.44. The predicted molar refractivity (Wildman–Crippen MR) is 51.2 cm³/mol. The minimum atomic E-state index is 0.287. The molecule has 2 heterocycles. The molecule has 2 unspecified atom stereocenters. The van der Waals surface area contributed by atoms with Crippen LogP contribution in [-0.4, -0.2) is 29.4 Å². The van der Waals surface area contributed by atoms with Crippen molar-refractivity contribution in [2.45, 2.75) is 50.6 Å². The molecule has 2 N–H and O–H groups in total. The van der Waals surface area contributed by atoms with Gasteiger partial charge in [0, 0.05) is 25.0 Å². The molecule has 0 aromatic carbocycles. The lowest BCUT2D eigenvalue weighted by molar-refractivity contribution is -0.135. The predicted octanol–water partition coefficient (Wildman–Crippen LogP) is 0.879. The van der Waals surface area contributed by atoms with E-state index in [9.17, 15) is 4.79 Å². The standard InChI is InChI=1S/C10H18N2O/c11-7-6-10(13)12-8-2-1-3-9(12)5-4-8/h8-9H,1-7,11H2. The van der Waals surface area contributed by atoms with Crippen molar-refractivity contribution in [1.29, 1.82) is 0 Å². The van der Waals surface area contributed by atoms with E-state index >= 15 is 0 Å². The number of fused-ring (bicyclic) bond motifs is 2. The van der Waals surface area contributed by atoms with E-state index in [2.05, 4.69) is 4.90 Å². The van der Waals surface area contributed by atoms with E-state index in [0.29, 0.717) is 25.0 Å². The van der Waals surface area contributed by atoms with E-state index in [4.69, 9.17) is 5.73 Å². The average molecular weight is 182 g/mol. The Labute approximate surface area is 79.3 Å². The molecule has 0 aliphatic carbocycles. The molecule has 0 spiro atoms. The Kier molecular flexibility index (Phi) is 2.54. The first-order valence-electron chi connectivity index (χ1n) is 5.34. The molecule has 74 valence electrons. The van der Waals surface area contributed by atoms with Crippen LogP contribution in [0.3, 0.4) is 0 Å². The summed E-state index contributed by atoms with van der Waals surface area (Å²) in [5, 5.41) is 0. The van der Waals surface area contributed by atoms with Crippen LogP contribution < -0.4 is 5.73 Å². The first-order valence-corrected chi connectivity index (χ1v) is 5.34. The van der Waals surface area contributed by atoms with Crippen molar-refractivity contribution in [2.24, 2.45) is 5.73 Å². The van der Waals surface area contributed by atoms with Crippen molar-refractivity contribution in [3.8, 4) is 0 Å². The van der Waals surface area contributed by atoms with Crippen LogP contribution in [0.4, 0.5) is 0 Å². The molecule has 3 nitrogen and oxygen atoms in total. The lowest BCUT2D eigenvalue weighted by Gasteiger charge is -2.34. The van der Waals surface area contributed by atoms with Gasteiger partial charge in [0.25, 0.3) is 0 Å². The van der Waals surface area contributed by atoms with Crippen LogP contribution in [0, 0.1) is 0 Å². The van der Waals surface area contributed by atoms with Gasteiger partial charge in [0.05, 0.1) is 0 Å². The highest BCUT2D eigenvalue weighted by Gasteiger charge is 2.38. The van der Waals surface area contributed by atoms with Crippen LogP contribution in [0.1, 0.15) is 38.5 Å². The quantitative estimate of drug-likeness (QED) is 0.689. The minimum Gasteiger partial charge on any atom is -0.337 e. The van der Waals surface area contributed by atoms with Crippen LogP contribution in [-0.2, 0) is 4.79 Å². The zero-order valence-electron chi connectivity index (χ0n) is 8.04. The molecular formula is C10H18N2O. The Balaban J connectivity index is 2.02. The molecule has 0 aromatic heterocycles. The van der Waals surface area contributed by atoms with Gasteiger partial charge in [-0.1, -0.05) is 0 Å². The highest BCUT2D eigenvalue weighted by Crippen LogP contribution is 2.35. The van der Waals surface area contributed by atoms with Gasteiger partial charge in [-0.05, 0) is 32.1 Å². The Bertz CT molecular complexity index is 189. The number of rotatable bonds is 2. The molecule has 1 amide bonds. The Morgan fingerprint density at radius 2 is 1.85 bits per heavy atom. The fraction of sp³-hybridized carbons (Fsp3) is 0.900. The van der Waals surface area contributed by atoms with Crippen molar-refractivity contribution >= 4 is 5.91 Å². The Morgan fingerprint density at radius 3 is 2.38 bits per heavy atom. The third kappa shape index (κ3) is 1.57. The molecular weight excluding hydrogens is 164 g/mol. The minimum absolute atomic E-state index is 0.287. The molecule has 2 aliphatic rings. The smallest absolute Gasteiger partial charge is 0.224 e. The van der Waals surface area contributed by atoms with Crippen LogP contribution in [0.15, 0.2) is 0 Å². The summed E-state index contributed by atoms with van der Waals surface area (Å²) in [6, 6.07) is 1.11. The molecule has 2 bridgehead atoms. The molecule has 2 rings (SSSR count). The summed E-state index contributed by atoms with van der Waals surface area (Å²) in [5.74, 6) is 0.287. The van der Waals surface area contributed by atoms with Gasteiger partial charge in [0.1, 0.15) is 0 Å². The van der Waals surface area contributed by atoms with Crippen LogP contribution in [0.2, 0.25) is 0 Å². The number of amides is 1. The van der Waals surface area contributed by atoms with Crippen molar-refractivity contribution in [3.05, 3.63) is 0 Å². The van der Waals surface area contributed by atoms with Gasteiger partial charge >= 0.3 is 0 Å². The third-order valence-electron chi connectivity index (χ3n) is 3.34. The Hall–Kier alpha value is -0.570. The lowest BCUT2D eigenvalue weighted by atomic mass is 10.0. The van der Waals surface area contributed by atoms with E-state index < -0.39 is 0 Å². The normalized spacial score (nSPS) is 32.2. The molecule has 2 fully saturated rings. The van der Waals surface area contributed by atoms with Crippen molar-refractivity contribution in [1.82, 2.24) is 4.90 Å². The number of piperidine rings is 1. The summed E-state index contributed by atoms with van der Waals surface area (Å²) in [7, 11) is 0. The van der Waals surface area contributed by atoms with Gasteiger partial charge in [-0.15, -0.1) is 0 Å². The number of carbonyl (C=O) groups excluding carboxylic acids is 1. The van der Waals surface area contributed by atoms with Gasteiger partial charge in [0.15, 0.2) is 0 Å². The summed E-state index contributed by atoms with van der Waals surface area (Å²) in [4.78, 5) is 13.8. The average Bonchev–Trinajstić information content (AvgIpc) is 2.37. The SMILES string of the molecule is NCCC(=O)N1C2CCCC1CC2. The van der Waals surface area contributed by atoms with Crippen molar-refractivity contribution < 1.29 is 4.79 Å². The largest absolute Gasteiger partial charge is 0.337 e. The van der Waals surface area contributed by atoms with Crippen LogP contribution in [0.25, 0.3) is 0 Å². The van der Waals surface area contributed by atoms with E-state index in [1.54, 1.807) is 0 Å². The third-order valence-corrected chi connectivity index (χ3v) is 3.34. The first kappa shape index (κ1) is 9.00. The van der Waals surface area contributed by atoms with Crippen LogP contribution in [0.5, 0.6) is 0 Å². The monoisotopic (exact) mass is 182 g/mol. The summed E-state index contributed by atoms with van der Waals surface area (Å²) in [6.45, 7) is 0.495. The molecule has 2 aliphatic heterocycles. The molecule has 0 saturated carbocycles. The van der Waals surface area contributed by atoms with Crippen LogP contribution >= 0.6 is 0 Å². The summed E-state index contributed by atoms with van der Waals surface area (Å²) < 4.78 is 0. The highest BCUT2D eigenvalue weighted by molar-refractivity contribution is 5.77. The number of nitrogens with zero attached hydrogens (tertiary/aromatic N) is 1. The molecule has 0 aromatic rings. The topological polar surface area (TPSA) is 46.3 Å². The highest BCUT2D eigenvalue weighted by atomic mass is 16.2. The zero-order chi connectivity index (χ0) is 9.26. The zero-order valence-corrected chi connectivity index (χ0v) is 8.04. The maximum atomic E-state index is 11.7. The van der Waals surface area contributed by atoms with Crippen molar-refractivity contribution in [3.63, 3.8) is 0 Å². The van der Waals surface area contributed by atoms with E-state index in [1.165, 1.54) is 32.1 Å². The fourth-order valence-corrected chi connectivity index (χ4v) is 2.78. The maximum Gasteiger partial charge on any atom is 0.224 e. The molecule has 2 saturated heterocycles. The second-order valence-electron chi connectivity index (χ2n) is 4.16. The number of hydrogen-bond acceptors (Lipinski definition) is 2. The second-order valence-corrected chi connectivity index (χ2v) is 4.16. The molecule has 0 radical (unpaired) electrons. The number of nitrogens with two attached hydrogens (primary N) is 1. The number of carbonyl (C=O) groups is 1. The van der Waals surface area contributed by atoms with Gasteiger partial charge in [0.2, 0.25) is 5.91 Å². The van der Waals surface area contributed by atoms with Gasteiger partial charge in [-0.2, -0.15) is 0 Å². The fourth-order valence-electron chi connectivity index (χ4n) is 2.78. The summed E-state index contributed by atoms with van der Waals surface area (Å²) in [5.41, 5.74) is 5.40. The van der Waals surface area contributed by atoms with E-state index in [1.807, 2.05) is 0 Å². The van der Waals surface area contributed by atoms with Gasteiger partial charge in [-0.3, -0.25) is 4.79 Å². The van der Waals surface area contributed by atoms with Gasteiger partial charge < -0.3 is 10.6 Å². The molecule has 13 heavy (non-hydrogen) atoms. The Morgan fingerprint density at radius 1 is 1.23 bits per heavy atom. The first-order chi connectivity index (χ1) is 6.33. The van der Waals surface area contributed by atoms with E-state index in [0.717, 1.165) is 0 Å². The number of hydrogen-bond donors (Lipinski definition) is 1. The van der Waals surface area contributed by atoms with E-state index in [-0.39, 0.29) is 5.91 Å².